The Morgan fingerprint density at radius 3 is 2.72 bits per heavy atom. The van der Waals surface area contributed by atoms with Crippen molar-refractivity contribution in [1.82, 2.24) is 19.9 Å². The van der Waals surface area contributed by atoms with E-state index in [-0.39, 0.29) is 18.5 Å². The number of hydroxylamine groups is 2. The van der Waals surface area contributed by atoms with Crippen LogP contribution in [0.2, 0.25) is 0 Å². The lowest BCUT2D eigenvalue weighted by Crippen LogP contribution is -2.41. The van der Waals surface area contributed by atoms with Gasteiger partial charge in [-0.25, -0.2) is 10.0 Å². The zero-order valence-electron chi connectivity index (χ0n) is 18.2. The molecule has 172 valence electrons. The Balaban J connectivity index is 1.38. The standard InChI is InChI=1S/C23H30N4O5/c28-14-26(30)13-16(10-15-4-1-2-5-15)23(29)27-7-3-6-19(27)22-24-17-11-20-21(12-18(17)25-22)32-9-8-31-20/h11-12,14-16,19,30H,1-10,13H2,(H,24,25)/t16-,19+/m1/s1. The second-order valence-corrected chi connectivity index (χ2v) is 9.14. The minimum Gasteiger partial charge on any atom is -0.486 e. The van der Waals surface area contributed by atoms with Crippen LogP contribution < -0.4 is 9.47 Å². The Labute approximate surface area is 186 Å². The number of rotatable bonds is 7. The number of amides is 2. The van der Waals surface area contributed by atoms with Crippen molar-refractivity contribution in [3.05, 3.63) is 18.0 Å². The number of hydrogen-bond donors (Lipinski definition) is 2. The third-order valence-electron chi connectivity index (χ3n) is 6.99. The summed E-state index contributed by atoms with van der Waals surface area (Å²) in [4.78, 5) is 34.6. The monoisotopic (exact) mass is 442 g/mol. The molecule has 0 radical (unpaired) electrons. The molecule has 0 unspecified atom stereocenters. The maximum atomic E-state index is 13.6. The van der Waals surface area contributed by atoms with Gasteiger partial charge in [0.25, 0.3) is 0 Å². The largest absolute Gasteiger partial charge is 0.486 e. The summed E-state index contributed by atoms with van der Waals surface area (Å²) in [6.07, 6.45) is 7.38. The number of benzene rings is 1. The van der Waals surface area contributed by atoms with Crippen LogP contribution in [-0.2, 0) is 9.59 Å². The Kier molecular flexibility index (Phi) is 5.91. The first-order valence-corrected chi connectivity index (χ1v) is 11.6. The number of aromatic amines is 1. The van der Waals surface area contributed by atoms with Crippen LogP contribution in [0.1, 0.15) is 56.8 Å². The van der Waals surface area contributed by atoms with Crippen LogP contribution in [0.3, 0.4) is 0 Å². The predicted molar refractivity (Wildman–Crippen MR) is 115 cm³/mol. The molecule has 0 spiro atoms. The van der Waals surface area contributed by atoms with Gasteiger partial charge in [0.15, 0.2) is 11.5 Å². The van der Waals surface area contributed by atoms with Gasteiger partial charge < -0.3 is 19.4 Å². The molecule has 1 saturated heterocycles. The quantitative estimate of drug-likeness (QED) is 0.388. The van der Waals surface area contributed by atoms with Crippen LogP contribution in [0.15, 0.2) is 12.1 Å². The highest BCUT2D eigenvalue weighted by Crippen LogP contribution is 2.38. The predicted octanol–water partition coefficient (Wildman–Crippen LogP) is 3.04. The van der Waals surface area contributed by atoms with Crippen molar-refractivity contribution in [3.63, 3.8) is 0 Å². The van der Waals surface area contributed by atoms with Gasteiger partial charge in [0.05, 0.1) is 29.5 Å². The highest BCUT2D eigenvalue weighted by atomic mass is 16.6. The fourth-order valence-corrected chi connectivity index (χ4v) is 5.44. The number of ether oxygens (including phenoxy) is 2. The Morgan fingerprint density at radius 1 is 1.22 bits per heavy atom. The van der Waals surface area contributed by atoms with Crippen molar-refractivity contribution in [1.29, 1.82) is 0 Å². The number of carbonyl (C=O) groups is 2. The number of fused-ring (bicyclic) bond motifs is 2. The van der Waals surface area contributed by atoms with Gasteiger partial charge in [0.1, 0.15) is 19.0 Å². The van der Waals surface area contributed by atoms with E-state index in [4.69, 9.17) is 14.5 Å². The number of carbonyl (C=O) groups excluding carboxylic acids is 2. The molecule has 2 fully saturated rings. The molecular weight excluding hydrogens is 412 g/mol. The summed E-state index contributed by atoms with van der Waals surface area (Å²) in [5, 5.41) is 10.4. The number of imidazole rings is 1. The van der Waals surface area contributed by atoms with E-state index in [0.29, 0.717) is 55.1 Å². The minimum absolute atomic E-state index is 0.00767. The number of likely N-dealkylation sites (tertiary alicyclic amines) is 1. The fourth-order valence-electron chi connectivity index (χ4n) is 5.44. The van der Waals surface area contributed by atoms with E-state index in [9.17, 15) is 14.8 Å². The molecule has 0 bridgehead atoms. The SMILES string of the molecule is O=CN(O)C[C@@H](CC1CCCC1)C(=O)N1CCC[C@H]1c1nc2cc3c(cc2[nH]1)OCCO3. The summed E-state index contributed by atoms with van der Waals surface area (Å²) >= 11 is 0. The first kappa shape index (κ1) is 21.1. The van der Waals surface area contributed by atoms with E-state index in [2.05, 4.69) is 4.98 Å². The maximum Gasteiger partial charge on any atom is 0.233 e. The zero-order valence-corrected chi connectivity index (χ0v) is 18.2. The van der Waals surface area contributed by atoms with Gasteiger partial charge >= 0.3 is 0 Å². The van der Waals surface area contributed by atoms with Gasteiger partial charge in [0.2, 0.25) is 12.3 Å². The van der Waals surface area contributed by atoms with Crippen LogP contribution in [0.25, 0.3) is 11.0 Å². The molecule has 9 heteroatoms. The molecule has 2 N–H and O–H groups in total. The van der Waals surface area contributed by atoms with Crippen molar-refractivity contribution < 1.29 is 24.3 Å². The normalized spacial score (nSPS) is 21.8. The van der Waals surface area contributed by atoms with Gasteiger partial charge in [-0.2, -0.15) is 0 Å². The van der Waals surface area contributed by atoms with Crippen molar-refractivity contribution in [3.8, 4) is 11.5 Å². The summed E-state index contributed by atoms with van der Waals surface area (Å²) in [6, 6.07) is 3.63. The number of aromatic nitrogens is 2. The average molecular weight is 443 g/mol. The molecule has 2 amide bonds. The first-order chi connectivity index (χ1) is 15.6. The number of nitrogens with one attached hydrogen (secondary N) is 1. The molecule has 1 saturated carbocycles. The highest BCUT2D eigenvalue weighted by Gasteiger charge is 2.37. The third kappa shape index (κ3) is 4.13. The van der Waals surface area contributed by atoms with E-state index in [1.54, 1.807) is 0 Å². The molecule has 3 aliphatic rings. The molecule has 1 aromatic heterocycles. The average Bonchev–Trinajstić information content (AvgIpc) is 3.56. The summed E-state index contributed by atoms with van der Waals surface area (Å²) < 4.78 is 11.3. The summed E-state index contributed by atoms with van der Waals surface area (Å²) in [7, 11) is 0. The molecule has 3 heterocycles. The molecule has 2 aromatic rings. The van der Waals surface area contributed by atoms with E-state index >= 15 is 0 Å². The smallest absolute Gasteiger partial charge is 0.233 e. The van der Waals surface area contributed by atoms with Crippen LogP contribution in [0.4, 0.5) is 0 Å². The van der Waals surface area contributed by atoms with E-state index < -0.39 is 5.92 Å². The molecule has 2 aliphatic heterocycles. The van der Waals surface area contributed by atoms with Crippen molar-refractivity contribution >= 4 is 23.4 Å². The Hall–Kier alpha value is -2.81. The summed E-state index contributed by atoms with van der Waals surface area (Å²) in [5.74, 6) is 2.20. The second kappa shape index (κ2) is 8.97. The van der Waals surface area contributed by atoms with E-state index in [0.717, 1.165) is 42.5 Å². The molecule has 1 aromatic carbocycles. The van der Waals surface area contributed by atoms with Crippen molar-refractivity contribution in [2.24, 2.45) is 11.8 Å². The topological polar surface area (TPSA) is 108 Å². The number of H-pyrrole nitrogens is 1. The van der Waals surface area contributed by atoms with Gasteiger partial charge in [-0.15, -0.1) is 0 Å². The third-order valence-corrected chi connectivity index (χ3v) is 6.99. The first-order valence-electron chi connectivity index (χ1n) is 11.6. The zero-order chi connectivity index (χ0) is 22.1. The minimum atomic E-state index is -0.410. The van der Waals surface area contributed by atoms with Crippen LogP contribution in [0.5, 0.6) is 11.5 Å². The molecule has 5 rings (SSSR count). The van der Waals surface area contributed by atoms with Crippen molar-refractivity contribution in [2.75, 3.05) is 26.3 Å². The molecular formula is C23H30N4O5. The lowest BCUT2D eigenvalue weighted by molar-refractivity contribution is -0.157. The molecule has 32 heavy (non-hydrogen) atoms. The van der Waals surface area contributed by atoms with Gasteiger partial charge in [-0.05, 0) is 25.2 Å². The molecule has 9 nitrogen and oxygen atoms in total. The lowest BCUT2D eigenvalue weighted by Gasteiger charge is -2.30. The highest BCUT2D eigenvalue weighted by molar-refractivity contribution is 5.82. The van der Waals surface area contributed by atoms with Gasteiger partial charge in [-0.3, -0.25) is 14.8 Å². The summed E-state index contributed by atoms with van der Waals surface area (Å²) in [5.41, 5.74) is 1.64. The van der Waals surface area contributed by atoms with Gasteiger partial charge in [-0.1, -0.05) is 25.7 Å². The maximum absolute atomic E-state index is 13.6. The lowest BCUT2D eigenvalue weighted by atomic mass is 9.91. The fraction of sp³-hybridized carbons (Fsp3) is 0.609. The number of nitrogens with zero attached hydrogens (tertiary/aromatic N) is 3. The molecule has 1 aliphatic carbocycles. The van der Waals surface area contributed by atoms with Crippen LogP contribution in [0, 0.1) is 11.8 Å². The van der Waals surface area contributed by atoms with Gasteiger partial charge in [0, 0.05) is 18.7 Å². The van der Waals surface area contributed by atoms with E-state index in [1.165, 1.54) is 12.8 Å². The van der Waals surface area contributed by atoms with E-state index in [1.807, 2.05) is 17.0 Å². The Bertz CT molecular complexity index is 943. The van der Waals surface area contributed by atoms with Crippen LogP contribution in [-0.4, -0.2) is 63.8 Å². The number of hydrogen-bond acceptors (Lipinski definition) is 6. The second-order valence-electron chi connectivity index (χ2n) is 9.14. The molecule has 2 atom stereocenters. The van der Waals surface area contributed by atoms with Crippen LogP contribution >= 0.6 is 0 Å². The Morgan fingerprint density at radius 2 is 1.97 bits per heavy atom. The summed E-state index contributed by atoms with van der Waals surface area (Å²) in [6.45, 7) is 1.72. The van der Waals surface area contributed by atoms with Crippen molar-refractivity contribution in [2.45, 2.75) is 51.0 Å².